The third kappa shape index (κ3) is 1.43. The predicted octanol–water partition coefficient (Wildman–Crippen LogP) is 1.05. The van der Waals surface area contributed by atoms with Crippen molar-refractivity contribution in [1.29, 1.82) is 0 Å². The lowest BCUT2D eigenvalue weighted by Gasteiger charge is -1.97. The molecule has 0 N–H and O–H groups in total. The van der Waals surface area contributed by atoms with Crippen LogP contribution in [-0.4, -0.2) is 17.1 Å². The van der Waals surface area contributed by atoms with Crippen molar-refractivity contribution in [2.75, 3.05) is 7.11 Å². The molecule has 0 spiro atoms. The van der Waals surface area contributed by atoms with Crippen LogP contribution in [0.25, 0.3) is 0 Å². The molecule has 1 heterocycles. The Morgan fingerprint density at radius 2 is 2.00 bits per heavy atom. The molecule has 0 aliphatic rings. The Morgan fingerprint density at radius 1 is 1.40 bits per heavy atom. The van der Waals surface area contributed by atoms with Crippen molar-refractivity contribution in [1.82, 2.24) is 9.97 Å². The Balaban J connectivity index is 2.80. The van der Waals surface area contributed by atoms with Gasteiger partial charge in [-0.15, -0.1) is 0 Å². The van der Waals surface area contributed by atoms with E-state index in [9.17, 15) is 0 Å². The van der Waals surface area contributed by atoms with Gasteiger partial charge < -0.3 is 4.74 Å². The second-order valence-electron chi connectivity index (χ2n) is 1.89. The Bertz CT molecular complexity index is 172. The number of aromatic nitrogens is 2. The van der Waals surface area contributed by atoms with Crippen LogP contribution < -0.4 is 4.74 Å². The number of aryl methyl sites for hydroxylation is 1. The van der Waals surface area contributed by atoms with Gasteiger partial charge in [-0.3, -0.25) is 0 Å². The van der Waals surface area contributed by atoms with Crippen molar-refractivity contribution < 1.29 is 4.74 Å². The van der Waals surface area contributed by atoms with Crippen molar-refractivity contribution in [2.45, 2.75) is 13.3 Å². The summed E-state index contributed by atoms with van der Waals surface area (Å²) in [5, 5.41) is 0. The van der Waals surface area contributed by atoms with Crippen molar-refractivity contribution >= 4 is 0 Å². The van der Waals surface area contributed by atoms with Crippen LogP contribution in [-0.2, 0) is 6.42 Å². The predicted molar refractivity (Wildman–Crippen MR) is 38.0 cm³/mol. The number of rotatable bonds is 2. The van der Waals surface area contributed by atoms with Gasteiger partial charge in [-0.25, -0.2) is 9.97 Å². The maximum Gasteiger partial charge on any atom is 0.155 e. The zero-order valence-corrected chi connectivity index (χ0v) is 6.16. The Hall–Kier alpha value is -1.12. The summed E-state index contributed by atoms with van der Waals surface area (Å²) in [7, 11) is 1.60. The third-order valence-corrected chi connectivity index (χ3v) is 1.23. The van der Waals surface area contributed by atoms with Gasteiger partial charge in [0, 0.05) is 6.42 Å². The van der Waals surface area contributed by atoms with Crippen LogP contribution >= 0.6 is 0 Å². The molecule has 0 aromatic carbocycles. The highest BCUT2D eigenvalue weighted by atomic mass is 16.5. The van der Waals surface area contributed by atoms with E-state index in [2.05, 4.69) is 9.97 Å². The molecule has 0 fully saturated rings. The van der Waals surface area contributed by atoms with Crippen LogP contribution in [0.3, 0.4) is 0 Å². The molecule has 0 saturated carbocycles. The van der Waals surface area contributed by atoms with Gasteiger partial charge in [0.05, 0.1) is 19.5 Å². The first-order valence-corrected chi connectivity index (χ1v) is 3.21. The molecule has 1 aromatic heterocycles. The van der Waals surface area contributed by atoms with E-state index in [0.29, 0.717) is 5.75 Å². The summed E-state index contributed by atoms with van der Waals surface area (Å²) in [6.07, 6.45) is 4.21. The van der Waals surface area contributed by atoms with Crippen molar-refractivity contribution in [2.24, 2.45) is 0 Å². The maximum absolute atomic E-state index is 4.89. The molecular weight excluding hydrogens is 128 g/mol. The molecule has 54 valence electrons. The molecule has 3 heteroatoms. The van der Waals surface area contributed by atoms with Gasteiger partial charge in [0.2, 0.25) is 0 Å². The molecule has 0 bridgehead atoms. The third-order valence-electron chi connectivity index (χ3n) is 1.23. The Kier molecular flexibility index (Phi) is 2.20. The minimum absolute atomic E-state index is 0.706. The quantitative estimate of drug-likeness (QED) is 0.612. The summed E-state index contributed by atoms with van der Waals surface area (Å²) in [5.74, 6) is 1.55. The minimum atomic E-state index is 0.706. The molecule has 0 radical (unpaired) electrons. The average Bonchev–Trinajstić information content (AvgIpc) is 2.05. The van der Waals surface area contributed by atoms with Crippen molar-refractivity contribution in [3.8, 4) is 5.75 Å². The highest BCUT2D eigenvalue weighted by Crippen LogP contribution is 2.03. The van der Waals surface area contributed by atoms with E-state index in [-0.39, 0.29) is 0 Å². The standard InChI is InChI=1S/C7H10N2O/c1-3-7-8-4-6(10-2)5-9-7/h4-5H,3H2,1-2H3. The summed E-state index contributed by atoms with van der Waals surface area (Å²) in [4.78, 5) is 8.06. The fourth-order valence-corrected chi connectivity index (χ4v) is 0.631. The summed E-state index contributed by atoms with van der Waals surface area (Å²) < 4.78 is 4.89. The molecule has 0 aliphatic heterocycles. The number of ether oxygens (including phenoxy) is 1. The maximum atomic E-state index is 4.89. The highest BCUT2D eigenvalue weighted by Gasteiger charge is 1.92. The summed E-state index contributed by atoms with van der Waals surface area (Å²) >= 11 is 0. The molecule has 0 atom stereocenters. The van der Waals surface area contributed by atoms with Crippen molar-refractivity contribution in [3.05, 3.63) is 18.2 Å². The van der Waals surface area contributed by atoms with Gasteiger partial charge in [0.1, 0.15) is 5.82 Å². The zero-order chi connectivity index (χ0) is 7.40. The van der Waals surface area contributed by atoms with Crippen LogP contribution in [0.2, 0.25) is 0 Å². The van der Waals surface area contributed by atoms with Crippen LogP contribution in [0.4, 0.5) is 0 Å². The van der Waals surface area contributed by atoms with E-state index in [1.54, 1.807) is 19.5 Å². The highest BCUT2D eigenvalue weighted by molar-refractivity contribution is 5.11. The molecule has 10 heavy (non-hydrogen) atoms. The molecule has 3 nitrogen and oxygen atoms in total. The van der Waals surface area contributed by atoms with Crippen LogP contribution in [0.1, 0.15) is 12.7 Å². The molecule has 1 rings (SSSR count). The van der Waals surface area contributed by atoms with E-state index >= 15 is 0 Å². The normalized spacial score (nSPS) is 9.40. The molecule has 0 unspecified atom stereocenters. The lowest BCUT2D eigenvalue weighted by atomic mass is 10.4. The largest absolute Gasteiger partial charge is 0.494 e. The monoisotopic (exact) mass is 138 g/mol. The number of methoxy groups -OCH3 is 1. The second-order valence-corrected chi connectivity index (χ2v) is 1.89. The molecule has 0 amide bonds. The van der Waals surface area contributed by atoms with Gasteiger partial charge in [0.15, 0.2) is 5.75 Å². The van der Waals surface area contributed by atoms with Crippen LogP contribution in [0.5, 0.6) is 5.75 Å². The fourth-order valence-electron chi connectivity index (χ4n) is 0.631. The van der Waals surface area contributed by atoms with Gasteiger partial charge in [-0.2, -0.15) is 0 Å². The first-order valence-electron chi connectivity index (χ1n) is 3.21. The number of hydrogen-bond donors (Lipinski definition) is 0. The van der Waals surface area contributed by atoms with E-state index in [4.69, 9.17) is 4.74 Å². The topological polar surface area (TPSA) is 35.0 Å². The molecule has 1 aromatic rings. The van der Waals surface area contributed by atoms with E-state index in [1.165, 1.54) is 0 Å². The first-order chi connectivity index (χ1) is 4.86. The van der Waals surface area contributed by atoms with Gasteiger partial charge in [-0.1, -0.05) is 6.92 Å². The van der Waals surface area contributed by atoms with Crippen LogP contribution in [0, 0.1) is 0 Å². The lowest BCUT2D eigenvalue weighted by Crippen LogP contribution is -1.92. The minimum Gasteiger partial charge on any atom is -0.494 e. The lowest BCUT2D eigenvalue weighted by molar-refractivity contribution is 0.410. The van der Waals surface area contributed by atoms with E-state index < -0.39 is 0 Å². The summed E-state index contributed by atoms with van der Waals surface area (Å²) in [6.45, 7) is 2.02. The fraction of sp³-hybridized carbons (Fsp3) is 0.429. The number of nitrogens with zero attached hydrogens (tertiary/aromatic N) is 2. The van der Waals surface area contributed by atoms with E-state index in [1.807, 2.05) is 6.92 Å². The smallest absolute Gasteiger partial charge is 0.155 e. The van der Waals surface area contributed by atoms with Crippen molar-refractivity contribution in [3.63, 3.8) is 0 Å². The second kappa shape index (κ2) is 3.15. The average molecular weight is 138 g/mol. The Labute approximate surface area is 60.1 Å². The zero-order valence-electron chi connectivity index (χ0n) is 6.16. The SMILES string of the molecule is CCc1ncc(OC)cn1. The molecular formula is C7H10N2O. The van der Waals surface area contributed by atoms with Gasteiger partial charge >= 0.3 is 0 Å². The molecule has 0 aliphatic carbocycles. The van der Waals surface area contributed by atoms with Gasteiger partial charge in [0.25, 0.3) is 0 Å². The Morgan fingerprint density at radius 3 is 2.40 bits per heavy atom. The van der Waals surface area contributed by atoms with Crippen LogP contribution in [0.15, 0.2) is 12.4 Å². The molecule has 0 saturated heterocycles. The first kappa shape index (κ1) is 6.99. The summed E-state index contributed by atoms with van der Waals surface area (Å²) in [6, 6.07) is 0. The van der Waals surface area contributed by atoms with E-state index in [0.717, 1.165) is 12.2 Å². The summed E-state index contributed by atoms with van der Waals surface area (Å²) in [5.41, 5.74) is 0. The number of hydrogen-bond acceptors (Lipinski definition) is 3. The van der Waals surface area contributed by atoms with Gasteiger partial charge in [-0.05, 0) is 0 Å².